The fraction of sp³-hybridized carbons (Fsp3) is 0.0714. The van der Waals surface area contributed by atoms with E-state index in [4.69, 9.17) is 0 Å². The molecule has 92 valence electrons. The van der Waals surface area contributed by atoms with Crippen LogP contribution in [0, 0.1) is 3.57 Å². The summed E-state index contributed by atoms with van der Waals surface area (Å²) < 4.78 is 1.79. The first-order valence-corrected chi connectivity index (χ1v) is 7.19. The second-order valence-electron chi connectivity index (χ2n) is 3.80. The number of benzene rings is 2. The third-order valence-corrected chi connectivity index (χ3v) is 3.99. The highest BCUT2D eigenvalue weighted by Crippen LogP contribution is 2.26. The number of hydrogen-bond acceptors (Lipinski definition) is 2. The minimum absolute atomic E-state index is 0.282. The van der Waals surface area contributed by atoms with Crippen LogP contribution in [0.5, 0.6) is 0 Å². The topological polar surface area (TPSA) is 37.3 Å². The SMILES string of the molecule is O=C(c1ccccc1)C(O)c1ccc(Br)cc1I. The second kappa shape index (κ2) is 5.95. The first-order chi connectivity index (χ1) is 8.59. The number of aliphatic hydroxyl groups excluding tert-OH is 1. The van der Waals surface area contributed by atoms with Crippen molar-refractivity contribution in [2.75, 3.05) is 0 Å². The number of rotatable bonds is 3. The molecule has 0 aromatic heterocycles. The summed E-state index contributed by atoms with van der Waals surface area (Å²) in [5, 5.41) is 10.1. The number of Topliss-reactive ketones (excluding diaryl/α,β-unsaturated/α-hetero) is 1. The van der Waals surface area contributed by atoms with Crippen molar-refractivity contribution >= 4 is 44.3 Å². The molecule has 0 saturated heterocycles. The summed E-state index contributed by atoms with van der Waals surface area (Å²) in [5.74, 6) is -0.282. The molecule has 1 unspecified atom stereocenters. The Labute approximate surface area is 127 Å². The van der Waals surface area contributed by atoms with Gasteiger partial charge >= 0.3 is 0 Å². The number of aliphatic hydroxyl groups is 1. The number of carbonyl (C=O) groups is 1. The molecule has 0 fully saturated rings. The third kappa shape index (κ3) is 2.99. The molecule has 1 atom stereocenters. The maximum Gasteiger partial charge on any atom is 0.195 e. The molecule has 2 rings (SSSR count). The molecule has 2 aromatic rings. The predicted molar refractivity (Wildman–Crippen MR) is 82.6 cm³/mol. The van der Waals surface area contributed by atoms with Crippen LogP contribution in [-0.2, 0) is 0 Å². The van der Waals surface area contributed by atoms with Gasteiger partial charge in [-0.3, -0.25) is 4.79 Å². The van der Waals surface area contributed by atoms with E-state index in [0.29, 0.717) is 11.1 Å². The minimum atomic E-state index is -1.12. The lowest BCUT2D eigenvalue weighted by molar-refractivity contribution is 0.0746. The number of carbonyl (C=O) groups excluding carboxylic acids is 1. The summed E-state index contributed by atoms with van der Waals surface area (Å²) in [6.45, 7) is 0. The summed E-state index contributed by atoms with van der Waals surface area (Å²) in [6, 6.07) is 14.3. The van der Waals surface area contributed by atoms with E-state index < -0.39 is 6.10 Å². The molecule has 0 aliphatic heterocycles. The molecule has 2 nitrogen and oxygen atoms in total. The molecule has 0 spiro atoms. The third-order valence-electron chi connectivity index (χ3n) is 2.56. The summed E-state index contributed by atoms with van der Waals surface area (Å²) >= 11 is 5.47. The second-order valence-corrected chi connectivity index (χ2v) is 5.88. The van der Waals surface area contributed by atoms with E-state index in [1.807, 2.05) is 18.2 Å². The smallest absolute Gasteiger partial charge is 0.195 e. The lowest BCUT2D eigenvalue weighted by atomic mass is 10.0. The van der Waals surface area contributed by atoms with Crippen LogP contribution in [-0.4, -0.2) is 10.9 Å². The fourth-order valence-electron chi connectivity index (χ4n) is 1.62. The zero-order chi connectivity index (χ0) is 13.1. The van der Waals surface area contributed by atoms with E-state index in [2.05, 4.69) is 38.5 Å². The molecule has 0 heterocycles. The zero-order valence-electron chi connectivity index (χ0n) is 9.31. The van der Waals surface area contributed by atoms with Gasteiger partial charge in [0.25, 0.3) is 0 Å². The van der Waals surface area contributed by atoms with Gasteiger partial charge in [0, 0.05) is 19.2 Å². The van der Waals surface area contributed by atoms with Crippen LogP contribution < -0.4 is 0 Å². The van der Waals surface area contributed by atoms with Gasteiger partial charge < -0.3 is 5.11 Å². The van der Waals surface area contributed by atoms with E-state index in [1.54, 1.807) is 30.3 Å². The van der Waals surface area contributed by atoms with Crippen LogP contribution in [0.1, 0.15) is 22.0 Å². The Balaban J connectivity index is 2.31. The highest BCUT2D eigenvalue weighted by molar-refractivity contribution is 14.1. The molecule has 2 aromatic carbocycles. The number of halogens is 2. The summed E-state index contributed by atoms with van der Waals surface area (Å²) in [6.07, 6.45) is -1.12. The van der Waals surface area contributed by atoms with Gasteiger partial charge in [-0.25, -0.2) is 0 Å². The standard InChI is InChI=1S/C14H10BrIO2/c15-10-6-7-11(12(16)8-10)14(18)13(17)9-4-2-1-3-5-9/h1-8,14,18H. The van der Waals surface area contributed by atoms with Gasteiger partial charge in [0.15, 0.2) is 5.78 Å². The first kappa shape index (κ1) is 13.7. The Bertz CT molecular complexity index is 569. The average Bonchev–Trinajstić information content (AvgIpc) is 2.38. The van der Waals surface area contributed by atoms with Crippen molar-refractivity contribution in [1.82, 2.24) is 0 Å². The lowest BCUT2D eigenvalue weighted by Gasteiger charge is -2.12. The van der Waals surface area contributed by atoms with E-state index in [1.165, 1.54) is 0 Å². The average molecular weight is 417 g/mol. The summed E-state index contributed by atoms with van der Waals surface area (Å²) in [4.78, 5) is 12.1. The predicted octanol–water partition coefficient (Wildman–Crippen LogP) is 3.97. The van der Waals surface area contributed by atoms with Crippen LogP contribution in [0.15, 0.2) is 53.0 Å². The molecule has 4 heteroatoms. The van der Waals surface area contributed by atoms with Crippen LogP contribution in [0.2, 0.25) is 0 Å². The Morgan fingerprint density at radius 2 is 1.83 bits per heavy atom. The molecule has 1 N–H and O–H groups in total. The quantitative estimate of drug-likeness (QED) is 0.607. The number of hydrogen-bond donors (Lipinski definition) is 1. The Morgan fingerprint density at radius 3 is 2.44 bits per heavy atom. The Kier molecular flexibility index (Phi) is 4.53. The van der Waals surface area contributed by atoms with E-state index in [9.17, 15) is 9.90 Å². The van der Waals surface area contributed by atoms with Gasteiger partial charge in [0.05, 0.1) is 0 Å². The first-order valence-electron chi connectivity index (χ1n) is 5.32. The Hall–Kier alpha value is -0.720. The number of ketones is 1. The summed E-state index contributed by atoms with van der Waals surface area (Å²) in [5.41, 5.74) is 1.15. The van der Waals surface area contributed by atoms with Gasteiger partial charge in [-0.15, -0.1) is 0 Å². The van der Waals surface area contributed by atoms with Crippen LogP contribution >= 0.6 is 38.5 Å². The van der Waals surface area contributed by atoms with Gasteiger partial charge in [0.1, 0.15) is 6.10 Å². The molecule has 0 saturated carbocycles. The maximum absolute atomic E-state index is 12.1. The van der Waals surface area contributed by atoms with Crippen LogP contribution in [0.4, 0.5) is 0 Å². The molecule has 0 aliphatic carbocycles. The fourth-order valence-corrected chi connectivity index (χ4v) is 3.22. The van der Waals surface area contributed by atoms with Gasteiger partial charge in [-0.1, -0.05) is 52.3 Å². The van der Waals surface area contributed by atoms with Crippen LogP contribution in [0.3, 0.4) is 0 Å². The highest BCUT2D eigenvalue weighted by Gasteiger charge is 2.21. The van der Waals surface area contributed by atoms with Gasteiger partial charge in [0.2, 0.25) is 0 Å². The van der Waals surface area contributed by atoms with Crippen molar-refractivity contribution < 1.29 is 9.90 Å². The largest absolute Gasteiger partial charge is 0.380 e. The lowest BCUT2D eigenvalue weighted by Crippen LogP contribution is -2.13. The molecule has 0 bridgehead atoms. The molecule has 0 amide bonds. The minimum Gasteiger partial charge on any atom is -0.380 e. The molecular weight excluding hydrogens is 407 g/mol. The zero-order valence-corrected chi connectivity index (χ0v) is 13.1. The summed E-state index contributed by atoms with van der Waals surface area (Å²) in [7, 11) is 0. The van der Waals surface area contributed by atoms with Gasteiger partial charge in [-0.05, 0) is 34.7 Å². The monoisotopic (exact) mass is 416 g/mol. The van der Waals surface area contributed by atoms with Crippen molar-refractivity contribution in [2.45, 2.75) is 6.10 Å². The van der Waals surface area contributed by atoms with Gasteiger partial charge in [-0.2, -0.15) is 0 Å². The van der Waals surface area contributed by atoms with Crippen LogP contribution in [0.25, 0.3) is 0 Å². The molecule has 18 heavy (non-hydrogen) atoms. The highest BCUT2D eigenvalue weighted by atomic mass is 127. The molecule has 0 radical (unpaired) electrons. The van der Waals surface area contributed by atoms with Crippen molar-refractivity contribution in [3.05, 3.63) is 67.7 Å². The van der Waals surface area contributed by atoms with E-state index in [-0.39, 0.29) is 5.78 Å². The molecular formula is C14H10BrIO2. The van der Waals surface area contributed by atoms with E-state index >= 15 is 0 Å². The molecule has 0 aliphatic rings. The van der Waals surface area contributed by atoms with Crippen molar-refractivity contribution in [2.24, 2.45) is 0 Å². The van der Waals surface area contributed by atoms with Crippen molar-refractivity contribution in [1.29, 1.82) is 0 Å². The van der Waals surface area contributed by atoms with Crippen molar-refractivity contribution in [3.63, 3.8) is 0 Å². The Morgan fingerprint density at radius 1 is 1.17 bits per heavy atom. The van der Waals surface area contributed by atoms with Crippen molar-refractivity contribution in [3.8, 4) is 0 Å². The normalized spacial score (nSPS) is 12.2. The van der Waals surface area contributed by atoms with E-state index in [0.717, 1.165) is 8.04 Å². The maximum atomic E-state index is 12.1.